The van der Waals surface area contributed by atoms with E-state index in [1.165, 1.54) is 42.8 Å². The monoisotopic (exact) mass is 501 g/mol. The highest BCUT2D eigenvalue weighted by Crippen LogP contribution is 2.21. The van der Waals surface area contributed by atoms with E-state index in [4.69, 9.17) is 9.15 Å². The number of nitrogens with zero attached hydrogens (tertiary/aromatic N) is 3. The molecule has 34 heavy (non-hydrogen) atoms. The zero-order valence-electron chi connectivity index (χ0n) is 18.0. The number of ether oxygens (including phenoxy) is 1. The molecule has 1 amide bonds. The summed E-state index contributed by atoms with van der Waals surface area (Å²) < 4.78 is 37.8. The molecule has 13 heteroatoms. The Morgan fingerprint density at radius 3 is 2.59 bits per heavy atom. The first-order chi connectivity index (χ1) is 16.2. The Kier molecular flexibility index (Phi) is 6.56. The maximum atomic E-state index is 12.6. The summed E-state index contributed by atoms with van der Waals surface area (Å²) in [5, 5.41) is 10.9. The molecule has 2 aromatic heterocycles. The van der Waals surface area contributed by atoms with Gasteiger partial charge < -0.3 is 14.5 Å². The van der Waals surface area contributed by atoms with Gasteiger partial charge in [0.15, 0.2) is 18.1 Å². The van der Waals surface area contributed by atoms with Crippen molar-refractivity contribution in [3.05, 3.63) is 59.4 Å². The third kappa shape index (κ3) is 5.21. The third-order valence-electron chi connectivity index (χ3n) is 4.66. The number of carbonyl (C=O) groups excluding carboxylic acids is 2. The van der Waals surface area contributed by atoms with Crippen LogP contribution in [0.25, 0.3) is 11.1 Å². The summed E-state index contributed by atoms with van der Waals surface area (Å²) in [7, 11) is -3.86. The third-order valence-corrected chi connectivity index (χ3v) is 6.90. The Morgan fingerprint density at radius 1 is 1.15 bits per heavy atom. The molecule has 1 unspecified atom stereocenters. The smallest absolute Gasteiger partial charge is 0.338 e. The van der Waals surface area contributed by atoms with Crippen molar-refractivity contribution in [2.75, 3.05) is 10.0 Å². The highest BCUT2D eigenvalue weighted by molar-refractivity contribution is 7.93. The largest absolute Gasteiger partial charge is 0.449 e. The van der Waals surface area contributed by atoms with Gasteiger partial charge in [0.2, 0.25) is 5.13 Å². The van der Waals surface area contributed by atoms with Gasteiger partial charge in [-0.25, -0.2) is 18.2 Å². The molecular weight excluding hydrogens is 482 g/mol. The number of nitrogens with one attached hydrogen (secondary N) is 2. The number of anilines is 2. The van der Waals surface area contributed by atoms with E-state index in [0.717, 1.165) is 11.3 Å². The van der Waals surface area contributed by atoms with Gasteiger partial charge in [0.1, 0.15) is 10.5 Å². The van der Waals surface area contributed by atoms with Crippen LogP contribution in [0.5, 0.6) is 0 Å². The lowest BCUT2D eigenvalue weighted by molar-refractivity contribution is -0.124. The van der Waals surface area contributed by atoms with Gasteiger partial charge in [-0.2, -0.15) is 0 Å². The van der Waals surface area contributed by atoms with Crippen LogP contribution in [0.3, 0.4) is 0 Å². The minimum Gasteiger partial charge on any atom is -0.449 e. The van der Waals surface area contributed by atoms with Crippen LogP contribution in [0.4, 0.5) is 10.8 Å². The molecule has 4 rings (SSSR count). The van der Waals surface area contributed by atoms with Crippen molar-refractivity contribution < 1.29 is 27.2 Å². The van der Waals surface area contributed by atoms with Gasteiger partial charge in [0, 0.05) is 5.69 Å². The van der Waals surface area contributed by atoms with Gasteiger partial charge in [0.25, 0.3) is 15.9 Å². The van der Waals surface area contributed by atoms with Crippen molar-refractivity contribution in [1.29, 1.82) is 0 Å². The molecule has 1 atom stereocenters. The van der Waals surface area contributed by atoms with Crippen molar-refractivity contribution in [3.8, 4) is 0 Å². The molecule has 2 aromatic carbocycles. The first-order valence-electron chi connectivity index (χ1n) is 10.0. The number of esters is 1. The molecule has 2 heterocycles. The predicted octanol–water partition coefficient (Wildman–Crippen LogP) is 3.36. The summed E-state index contributed by atoms with van der Waals surface area (Å²) in [6.45, 7) is 3.41. The van der Waals surface area contributed by atoms with E-state index in [1.807, 2.05) is 0 Å². The molecular formula is C21H19N5O6S2. The van der Waals surface area contributed by atoms with E-state index in [2.05, 4.69) is 25.2 Å². The lowest BCUT2D eigenvalue weighted by Crippen LogP contribution is -2.32. The molecule has 0 bridgehead atoms. The van der Waals surface area contributed by atoms with Crippen molar-refractivity contribution in [1.82, 2.24) is 15.2 Å². The van der Waals surface area contributed by atoms with Crippen LogP contribution in [0.2, 0.25) is 0 Å². The van der Waals surface area contributed by atoms with Gasteiger partial charge in [-0.3, -0.25) is 9.52 Å². The minimum atomic E-state index is -3.86. The zero-order chi connectivity index (χ0) is 24.3. The second kappa shape index (κ2) is 9.57. The van der Waals surface area contributed by atoms with Gasteiger partial charge >= 0.3 is 5.97 Å². The number of hydrogen-bond donors (Lipinski definition) is 2. The van der Waals surface area contributed by atoms with Crippen LogP contribution in [0.1, 0.15) is 28.7 Å². The molecule has 0 aliphatic rings. The molecule has 0 fully saturated rings. The fraction of sp³-hybridized carbons (Fsp3) is 0.190. The summed E-state index contributed by atoms with van der Waals surface area (Å²) in [5.74, 6) is -1.22. The van der Waals surface area contributed by atoms with Crippen LogP contribution < -0.4 is 10.0 Å². The zero-order valence-corrected chi connectivity index (χ0v) is 19.6. The van der Waals surface area contributed by atoms with E-state index in [1.54, 1.807) is 19.9 Å². The second-order valence-corrected chi connectivity index (χ2v) is 9.95. The highest BCUT2D eigenvalue weighted by Gasteiger charge is 2.23. The van der Waals surface area contributed by atoms with Gasteiger partial charge in [-0.1, -0.05) is 18.3 Å². The summed E-state index contributed by atoms with van der Waals surface area (Å²) in [4.78, 5) is 29.1. The van der Waals surface area contributed by atoms with E-state index < -0.39 is 28.0 Å². The molecule has 0 radical (unpaired) electrons. The maximum absolute atomic E-state index is 12.6. The SMILES string of the molecule is CCC(OC(=O)c1ccc2ocnc2c1)C(=O)Nc1ccc(S(=O)(=O)Nc2nnc(C)s2)cc1. The van der Waals surface area contributed by atoms with Gasteiger partial charge in [0.05, 0.1) is 10.5 Å². The Bertz CT molecular complexity index is 1450. The average Bonchev–Trinajstić information content (AvgIpc) is 3.45. The Balaban J connectivity index is 1.39. The lowest BCUT2D eigenvalue weighted by Gasteiger charge is -2.16. The number of aryl methyl sites for hydroxylation is 1. The van der Waals surface area contributed by atoms with Crippen LogP contribution in [0, 0.1) is 6.92 Å². The summed E-state index contributed by atoms with van der Waals surface area (Å²) in [5.41, 5.74) is 1.60. The minimum absolute atomic E-state index is 0.0138. The van der Waals surface area contributed by atoms with E-state index in [9.17, 15) is 18.0 Å². The van der Waals surface area contributed by atoms with Crippen LogP contribution >= 0.6 is 11.3 Å². The summed E-state index contributed by atoms with van der Waals surface area (Å²) in [6.07, 6.45) is 0.457. The number of hydrogen-bond acceptors (Lipinski definition) is 10. The summed E-state index contributed by atoms with van der Waals surface area (Å²) >= 11 is 1.11. The van der Waals surface area contributed by atoms with E-state index in [0.29, 0.717) is 21.8 Å². The first kappa shape index (κ1) is 23.3. The Hall–Kier alpha value is -3.84. The fourth-order valence-corrected chi connectivity index (χ4v) is 4.78. The molecule has 2 N–H and O–H groups in total. The van der Waals surface area contributed by atoms with Crippen LogP contribution in [-0.4, -0.2) is 41.6 Å². The second-order valence-electron chi connectivity index (χ2n) is 7.08. The molecule has 0 saturated carbocycles. The van der Waals surface area contributed by atoms with Crippen molar-refractivity contribution >= 4 is 55.2 Å². The number of amides is 1. The van der Waals surface area contributed by atoms with E-state index in [-0.39, 0.29) is 22.0 Å². The number of aromatic nitrogens is 3. The normalized spacial score (nSPS) is 12.3. The number of rotatable bonds is 8. The van der Waals surface area contributed by atoms with Crippen LogP contribution in [-0.2, 0) is 19.6 Å². The molecule has 0 spiro atoms. The number of sulfonamides is 1. The van der Waals surface area contributed by atoms with Crippen LogP contribution in [0.15, 0.2) is 58.2 Å². The number of carbonyl (C=O) groups is 2. The number of oxazole rings is 1. The molecule has 0 aliphatic carbocycles. The topological polar surface area (TPSA) is 153 Å². The maximum Gasteiger partial charge on any atom is 0.338 e. The highest BCUT2D eigenvalue weighted by atomic mass is 32.2. The molecule has 176 valence electrons. The van der Waals surface area contributed by atoms with Crippen molar-refractivity contribution in [2.45, 2.75) is 31.3 Å². The van der Waals surface area contributed by atoms with E-state index >= 15 is 0 Å². The predicted molar refractivity (Wildman–Crippen MR) is 124 cm³/mol. The number of benzene rings is 2. The first-order valence-corrected chi connectivity index (χ1v) is 12.3. The Morgan fingerprint density at radius 2 is 1.91 bits per heavy atom. The molecule has 4 aromatic rings. The molecule has 11 nitrogen and oxygen atoms in total. The average molecular weight is 502 g/mol. The quantitative estimate of drug-likeness (QED) is 0.346. The van der Waals surface area contributed by atoms with Crippen molar-refractivity contribution in [3.63, 3.8) is 0 Å². The molecule has 0 saturated heterocycles. The standard InChI is InChI=1S/C21H19N5O6S2/c1-3-17(32-20(28)13-4-9-18-16(10-13)22-11-31-18)19(27)23-14-5-7-15(8-6-14)34(29,30)26-21-25-24-12(2)33-21/h4-11,17H,3H2,1-2H3,(H,23,27)(H,25,26). The molecule has 0 aliphatic heterocycles. The number of fused-ring (bicyclic) bond motifs is 1. The fourth-order valence-electron chi connectivity index (χ4n) is 2.96. The van der Waals surface area contributed by atoms with Gasteiger partial charge in [-0.15, -0.1) is 10.2 Å². The van der Waals surface area contributed by atoms with Crippen molar-refractivity contribution in [2.24, 2.45) is 0 Å². The lowest BCUT2D eigenvalue weighted by atomic mass is 10.2. The Labute approximate surface area is 198 Å². The summed E-state index contributed by atoms with van der Waals surface area (Å²) in [6, 6.07) is 10.2. The van der Waals surface area contributed by atoms with Gasteiger partial charge in [-0.05, 0) is 55.8 Å².